The molecule has 2 rings (SSSR count). The number of methoxy groups -OCH3 is 1. The Kier molecular flexibility index (Phi) is 5.59. The highest BCUT2D eigenvalue weighted by atomic mass is 35.5. The topological polar surface area (TPSA) is 34.1 Å². The Morgan fingerprint density at radius 3 is 2.81 bits per heavy atom. The molecule has 0 saturated carbocycles. The van der Waals surface area contributed by atoms with Crippen LogP contribution in [0.2, 0.25) is 5.02 Å². The lowest BCUT2D eigenvalue weighted by Gasteiger charge is -2.21. The molecule has 1 aromatic heterocycles. The summed E-state index contributed by atoms with van der Waals surface area (Å²) in [7, 11) is 1.68. The van der Waals surface area contributed by atoms with Crippen LogP contribution in [0.25, 0.3) is 0 Å². The number of aryl methyl sites for hydroxylation is 1. The highest BCUT2D eigenvalue weighted by Gasteiger charge is 2.16. The van der Waals surface area contributed by atoms with E-state index in [2.05, 4.69) is 23.3 Å². The quantitative estimate of drug-likeness (QED) is 0.877. The zero-order valence-electron chi connectivity index (χ0n) is 12.7. The second-order valence-electron chi connectivity index (χ2n) is 4.95. The smallest absolute Gasteiger partial charge is 0.122 e. The third-order valence-electron chi connectivity index (χ3n) is 3.54. The first kappa shape index (κ1) is 15.8. The Labute approximate surface area is 131 Å². The van der Waals surface area contributed by atoms with Crippen LogP contribution in [-0.2, 0) is 6.42 Å². The van der Waals surface area contributed by atoms with Gasteiger partial charge in [0.1, 0.15) is 5.75 Å². The number of benzene rings is 1. The van der Waals surface area contributed by atoms with E-state index < -0.39 is 0 Å². The molecule has 1 unspecified atom stereocenters. The third-order valence-corrected chi connectivity index (χ3v) is 3.78. The van der Waals surface area contributed by atoms with Crippen molar-refractivity contribution < 1.29 is 4.74 Å². The molecule has 1 N–H and O–H groups in total. The van der Waals surface area contributed by atoms with Crippen LogP contribution in [0.4, 0.5) is 0 Å². The second kappa shape index (κ2) is 7.43. The van der Waals surface area contributed by atoms with Crippen LogP contribution in [0.5, 0.6) is 5.75 Å². The van der Waals surface area contributed by atoms with E-state index in [-0.39, 0.29) is 6.04 Å². The first-order chi connectivity index (χ1) is 10.2. The number of rotatable bonds is 6. The van der Waals surface area contributed by atoms with Crippen molar-refractivity contribution >= 4 is 11.6 Å². The van der Waals surface area contributed by atoms with E-state index in [1.165, 1.54) is 5.56 Å². The van der Waals surface area contributed by atoms with Crippen LogP contribution >= 0.6 is 11.6 Å². The van der Waals surface area contributed by atoms with Crippen molar-refractivity contribution in [3.8, 4) is 5.75 Å². The largest absolute Gasteiger partial charge is 0.496 e. The third kappa shape index (κ3) is 3.96. The zero-order chi connectivity index (χ0) is 15.2. The van der Waals surface area contributed by atoms with Crippen LogP contribution in [0, 0.1) is 6.92 Å². The maximum absolute atomic E-state index is 6.12. The summed E-state index contributed by atoms with van der Waals surface area (Å²) < 4.78 is 5.44. The molecule has 0 bridgehead atoms. The van der Waals surface area contributed by atoms with E-state index >= 15 is 0 Å². The summed E-state index contributed by atoms with van der Waals surface area (Å²) in [5.41, 5.74) is 3.35. The van der Waals surface area contributed by atoms with Crippen molar-refractivity contribution in [1.29, 1.82) is 0 Å². The summed E-state index contributed by atoms with van der Waals surface area (Å²) >= 11 is 6.12. The lowest BCUT2D eigenvalue weighted by molar-refractivity contribution is 0.405. The fourth-order valence-corrected chi connectivity index (χ4v) is 2.72. The average Bonchev–Trinajstić information content (AvgIpc) is 2.48. The van der Waals surface area contributed by atoms with Gasteiger partial charge in [0.2, 0.25) is 0 Å². The molecule has 0 spiro atoms. The van der Waals surface area contributed by atoms with Crippen molar-refractivity contribution in [2.24, 2.45) is 0 Å². The molecule has 0 amide bonds. The summed E-state index contributed by atoms with van der Waals surface area (Å²) in [5.74, 6) is 0.865. The first-order valence-electron chi connectivity index (χ1n) is 7.13. The standard InChI is InChI=1S/C17H21ClN2O/c1-4-19-16(15-6-5-9-20-12(15)2)11-13-10-14(18)7-8-17(13)21-3/h5-10,16,19H,4,11H2,1-3H3. The fraction of sp³-hybridized carbons (Fsp3) is 0.353. The SMILES string of the molecule is CCNC(Cc1cc(Cl)ccc1OC)c1cccnc1C. The highest BCUT2D eigenvalue weighted by molar-refractivity contribution is 6.30. The molecule has 1 atom stereocenters. The molecule has 112 valence electrons. The van der Waals surface area contributed by atoms with Gasteiger partial charge in [-0.3, -0.25) is 4.98 Å². The van der Waals surface area contributed by atoms with Gasteiger partial charge in [0.15, 0.2) is 0 Å². The Hall–Kier alpha value is -1.58. The fourth-order valence-electron chi connectivity index (χ4n) is 2.53. The molecule has 0 radical (unpaired) electrons. The summed E-state index contributed by atoms with van der Waals surface area (Å²) in [5, 5.41) is 4.25. The Morgan fingerprint density at radius 1 is 1.33 bits per heavy atom. The van der Waals surface area contributed by atoms with Crippen LogP contribution in [0.15, 0.2) is 36.5 Å². The Bertz CT molecular complexity index is 601. The Balaban J connectivity index is 2.33. The van der Waals surface area contributed by atoms with Crippen molar-refractivity contribution in [3.63, 3.8) is 0 Å². The molecular formula is C17H21ClN2O. The molecule has 0 aliphatic carbocycles. The van der Waals surface area contributed by atoms with Crippen LogP contribution < -0.4 is 10.1 Å². The summed E-state index contributed by atoms with van der Waals surface area (Å²) in [6, 6.07) is 10.0. The minimum absolute atomic E-state index is 0.191. The number of pyridine rings is 1. The molecular weight excluding hydrogens is 284 g/mol. The van der Waals surface area contributed by atoms with Gasteiger partial charge in [-0.05, 0) is 55.3 Å². The molecule has 0 fully saturated rings. The maximum Gasteiger partial charge on any atom is 0.122 e. The van der Waals surface area contributed by atoms with Crippen molar-refractivity contribution in [1.82, 2.24) is 10.3 Å². The van der Waals surface area contributed by atoms with Gasteiger partial charge in [-0.15, -0.1) is 0 Å². The molecule has 0 aliphatic heterocycles. The number of likely N-dealkylation sites (N-methyl/N-ethyl adjacent to an activating group) is 1. The van der Waals surface area contributed by atoms with Gasteiger partial charge >= 0.3 is 0 Å². The summed E-state index contributed by atoms with van der Waals surface area (Å²) in [4.78, 5) is 4.39. The number of aromatic nitrogens is 1. The van der Waals surface area contributed by atoms with Crippen LogP contribution in [0.3, 0.4) is 0 Å². The molecule has 4 heteroatoms. The van der Waals surface area contributed by atoms with Gasteiger partial charge < -0.3 is 10.1 Å². The number of hydrogen-bond donors (Lipinski definition) is 1. The van der Waals surface area contributed by atoms with E-state index in [0.717, 1.165) is 35.0 Å². The first-order valence-corrected chi connectivity index (χ1v) is 7.50. The minimum atomic E-state index is 0.191. The Morgan fingerprint density at radius 2 is 2.14 bits per heavy atom. The summed E-state index contributed by atoms with van der Waals surface area (Å²) in [6.45, 7) is 5.03. The molecule has 3 nitrogen and oxygen atoms in total. The van der Waals surface area contributed by atoms with Crippen molar-refractivity contribution in [3.05, 3.63) is 58.4 Å². The number of nitrogens with one attached hydrogen (secondary N) is 1. The van der Waals surface area contributed by atoms with E-state index in [9.17, 15) is 0 Å². The van der Waals surface area contributed by atoms with Crippen LogP contribution in [-0.4, -0.2) is 18.6 Å². The molecule has 0 aliphatic rings. The minimum Gasteiger partial charge on any atom is -0.496 e. The lowest BCUT2D eigenvalue weighted by atomic mass is 9.97. The van der Waals surface area contributed by atoms with E-state index in [4.69, 9.17) is 16.3 Å². The molecule has 21 heavy (non-hydrogen) atoms. The van der Waals surface area contributed by atoms with E-state index in [1.54, 1.807) is 7.11 Å². The monoisotopic (exact) mass is 304 g/mol. The van der Waals surface area contributed by atoms with Gasteiger partial charge in [0.25, 0.3) is 0 Å². The normalized spacial score (nSPS) is 12.2. The number of nitrogens with zero attached hydrogens (tertiary/aromatic N) is 1. The highest BCUT2D eigenvalue weighted by Crippen LogP contribution is 2.28. The van der Waals surface area contributed by atoms with Gasteiger partial charge in [-0.2, -0.15) is 0 Å². The van der Waals surface area contributed by atoms with Gasteiger partial charge in [-0.25, -0.2) is 0 Å². The lowest BCUT2D eigenvalue weighted by Crippen LogP contribution is -2.24. The molecule has 1 heterocycles. The van der Waals surface area contributed by atoms with Crippen molar-refractivity contribution in [2.45, 2.75) is 26.3 Å². The second-order valence-corrected chi connectivity index (χ2v) is 5.39. The zero-order valence-corrected chi connectivity index (χ0v) is 13.4. The average molecular weight is 305 g/mol. The van der Waals surface area contributed by atoms with E-state index in [0.29, 0.717) is 0 Å². The van der Waals surface area contributed by atoms with Gasteiger partial charge in [-0.1, -0.05) is 24.6 Å². The van der Waals surface area contributed by atoms with Crippen LogP contribution in [0.1, 0.15) is 29.8 Å². The number of ether oxygens (including phenoxy) is 1. The number of halogens is 1. The van der Waals surface area contributed by atoms with Gasteiger partial charge in [0.05, 0.1) is 7.11 Å². The molecule has 1 aromatic carbocycles. The number of hydrogen-bond acceptors (Lipinski definition) is 3. The summed E-state index contributed by atoms with van der Waals surface area (Å²) in [6.07, 6.45) is 2.63. The molecule has 0 saturated heterocycles. The maximum atomic E-state index is 6.12. The van der Waals surface area contributed by atoms with E-state index in [1.807, 2.05) is 37.4 Å². The predicted octanol–water partition coefficient (Wildman–Crippen LogP) is 3.95. The van der Waals surface area contributed by atoms with Gasteiger partial charge in [0, 0.05) is 23.0 Å². The predicted molar refractivity (Wildman–Crippen MR) is 87.1 cm³/mol. The van der Waals surface area contributed by atoms with Crippen molar-refractivity contribution in [2.75, 3.05) is 13.7 Å². The molecule has 2 aromatic rings.